The number of aryl methyl sites for hydroxylation is 1. The fraction of sp³-hybridized carbons (Fsp3) is 0.267. The Kier molecular flexibility index (Phi) is 3.33. The SMILES string of the molecule is Cc1cccc(-c2cnc(N3CCNC(=O)C3)nc2)c1. The number of nitrogens with zero attached hydrogens (tertiary/aromatic N) is 3. The molecule has 0 unspecified atom stereocenters. The van der Waals surface area contributed by atoms with Gasteiger partial charge in [-0.3, -0.25) is 4.79 Å². The van der Waals surface area contributed by atoms with Crippen LogP contribution in [0.2, 0.25) is 0 Å². The molecule has 1 aromatic carbocycles. The molecule has 0 radical (unpaired) electrons. The number of nitrogens with one attached hydrogen (secondary N) is 1. The van der Waals surface area contributed by atoms with E-state index in [1.165, 1.54) is 5.56 Å². The molecule has 1 aliphatic rings. The van der Waals surface area contributed by atoms with Gasteiger partial charge in [-0.05, 0) is 12.5 Å². The Labute approximate surface area is 117 Å². The predicted molar refractivity (Wildman–Crippen MR) is 77.4 cm³/mol. The maximum absolute atomic E-state index is 11.4. The molecule has 1 saturated heterocycles. The second-order valence-electron chi connectivity index (χ2n) is 4.91. The van der Waals surface area contributed by atoms with Crippen molar-refractivity contribution in [3.63, 3.8) is 0 Å². The third-order valence-electron chi connectivity index (χ3n) is 3.31. The summed E-state index contributed by atoms with van der Waals surface area (Å²) in [6.07, 6.45) is 3.62. The molecule has 5 heteroatoms. The normalized spacial score (nSPS) is 15.1. The van der Waals surface area contributed by atoms with Crippen LogP contribution < -0.4 is 10.2 Å². The van der Waals surface area contributed by atoms with Crippen molar-refractivity contribution in [1.82, 2.24) is 15.3 Å². The van der Waals surface area contributed by atoms with E-state index in [4.69, 9.17) is 0 Å². The Hall–Kier alpha value is -2.43. The molecule has 0 aliphatic carbocycles. The van der Waals surface area contributed by atoms with Gasteiger partial charge in [0.15, 0.2) is 0 Å². The first-order valence-corrected chi connectivity index (χ1v) is 6.63. The zero-order valence-corrected chi connectivity index (χ0v) is 11.3. The molecule has 5 nitrogen and oxygen atoms in total. The Morgan fingerprint density at radius 2 is 2.00 bits per heavy atom. The summed E-state index contributed by atoms with van der Waals surface area (Å²) in [5.41, 5.74) is 3.30. The Balaban J connectivity index is 1.82. The van der Waals surface area contributed by atoms with E-state index >= 15 is 0 Å². The second-order valence-corrected chi connectivity index (χ2v) is 4.91. The average Bonchev–Trinajstić information content (AvgIpc) is 2.47. The lowest BCUT2D eigenvalue weighted by molar-refractivity contribution is -0.120. The monoisotopic (exact) mass is 268 g/mol. The minimum absolute atomic E-state index is 0.0163. The minimum atomic E-state index is 0.0163. The largest absolute Gasteiger partial charge is 0.353 e. The van der Waals surface area contributed by atoms with Crippen LogP contribution in [0.5, 0.6) is 0 Å². The first kappa shape index (κ1) is 12.6. The summed E-state index contributed by atoms with van der Waals surface area (Å²) in [4.78, 5) is 22.0. The molecule has 2 aromatic rings. The quantitative estimate of drug-likeness (QED) is 0.894. The number of carbonyl (C=O) groups is 1. The van der Waals surface area contributed by atoms with Crippen LogP contribution in [-0.4, -0.2) is 35.5 Å². The standard InChI is InChI=1S/C15H16N4O/c1-11-3-2-4-12(7-11)13-8-17-15(18-9-13)19-6-5-16-14(20)10-19/h2-4,7-9H,5-6,10H2,1H3,(H,16,20). The molecule has 1 amide bonds. The number of hydrogen-bond acceptors (Lipinski definition) is 4. The highest BCUT2D eigenvalue weighted by Crippen LogP contribution is 2.20. The molecule has 3 rings (SSSR count). The highest BCUT2D eigenvalue weighted by atomic mass is 16.2. The molecule has 1 aliphatic heterocycles. The van der Waals surface area contributed by atoms with Gasteiger partial charge in [0, 0.05) is 31.0 Å². The van der Waals surface area contributed by atoms with Gasteiger partial charge < -0.3 is 10.2 Å². The molecule has 2 heterocycles. The number of hydrogen-bond donors (Lipinski definition) is 1. The van der Waals surface area contributed by atoms with E-state index in [0.717, 1.165) is 17.7 Å². The van der Waals surface area contributed by atoms with E-state index in [2.05, 4.69) is 34.3 Å². The van der Waals surface area contributed by atoms with Gasteiger partial charge in [-0.1, -0.05) is 29.8 Å². The van der Waals surface area contributed by atoms with Gasteiger partial charge in [-0.15, -0.1) is 0 Å². The summed E-state index contributed by atoms with van der Waals surface area (Å²) in [6.45, 7) is 3.77. The van der Waals surface area contributed by atoms with E-state index in [1.54, 1.807) is 0 Å². The smallest absolute Gasteiger partial charge is 0.239 e. The zero-order chi connectivity index (χ0) is 13.9. The highest BCUT2D eigenvalue weighted by molar-refractivity contribution is 5.82. The molecule has 0 spiro atoms. The van der Waals surface area contributed by atoms with Crippen molar-refractivity contribution in [3.05, 3.63) is 42.2 Å². The number of rotatable bonds is 2. The zero-order valence-electron chi connectivity index (χ0n) is 11.3. The Morgan fingerprint density at radius 3 is 2.70 bits per heavy atom. The third-order valence-corrected chi connectivity index (χ3v) is 3.31. The average molecular weight is 268 g/mol. The van der Waals surface area contributed by atoms with Gasteiger partial charge >= 0.3 is 0 Å². The summed E-state index contributed by atoms with van der Waals surface area (Å²) in [5.74, 6) is 0.624. The number of benzene rings is 1. The fourth-order valence-corrected chi connectivity index (χ4v) is 2.27. The topological polar surface area (TPSA) is 58.1 Å². The van der Waals surface area contributed by atoms with Crippen LogP contribution in [0.15, 0.2) is 36.7 Å². The van der Waals surface area contributed by atoms with Crippen molar-refractivity contribution >= 4 is 11.9 Å². The number of piperazine rings is 1. The Morgan fingerprint density at radius 1 is 1.20 bits per heavy atom. The minimum Gasteiger partial charge on any atom is -0.353 e. The predicted octanol–water partition coefficient (Wildman–Crippen LogP) is 1.39. The molecule has 0 atom stereocenters. The van der Waals surface area contributed by atoms with Crippen LogP contribution in [0.4, 0.5) is 5.95 Å². The molecule has 0 bridgehead atoms. The van der Waals surface area contributed by atoms with Crippen LogP contribution in [-0.2, 0) is 4.79 Å². The van der Waals surface area contributed by atoms with Crippen LogP contribution in [0.1, 0.15) is 5.56 Å². The van der Waals surface area contributed by atoms with Crippen molar-refractivity contribution < 1.29 is 4.79 Å². The molecular formula is C15H16N4O. The first-order valence-electron chi connectivity index (χ1n) is 6.63. The van der Waals surface area contributed by atoms with E-state index in [-0.39, 0.29) is 5.91 Å². The lowest BCUT2D eigenvalue weighted by Gasteiger charge is -2.26. The van der Waals surface area contributed by atoms with Crippen molar-refractivity contribution in [2.24, 2.45) is 0 Å². The van der Waals surface area contributed by atoms with E-state index in [1.807, 2.05) is 29.4 Å². The van der Waals surface area contributed by atoms with Gasteiger partial charge in [0.05, 0.1) is 6.54 Å². The molecule has 0 saturated carbocycles. The number of aromatic nitrogens is 2. The van der Waals surface area contributed by atoms with Crippen LogP contribution in [0.3, 0.4) is 0 Å². The summed E-state index contributed by atoms with van der Waals surface area (Å²) in [5, 5.41) is 2.79. The van der Waals surface area contributed by atoms with Gasteiger partial charge in [-0.2, -0.15) is 0 Å². The first-order chi connectivity index (χ1) is 9.72. The summed E-state index contributed by atoms with van der Waals surface area (Å²) in [7, 11) is 0. The summed E-state index contributed by atoms with van der Waals surface area (Å²) >= 11 is 0. The maximum Gasteiger partial charge on any atom is 0.239 e. The lowest BCUT2D eigenvalue weighted by atomic mass is 10.1. The van der Waals surface area contributed by atoms with Crippen LogP contribution in [0.25, 0.3) is 11.1 Å². The summed E-state index contributed by atoms with van der Waals surface area (Å²) in [6, 6.07) is 8.23. The van der Waals surface area contributed by atoms with Gasteiger partial charge in [0.2, 0.25) is 11.9 Å². The molecule has 102 valence electrons. The molecule has 20 heavy (non-hydrogen) atoms. The van der Waals surface area contributed by atoms with E-state index in [0.29, 0.717) is 19.0 Å². The highest BCUT2D eigenvalue weighted by Gasteiger charge is 2.18. The van der Waals surface area contributed by atoms with Crippen LogP contribution in [0, 0.1) is 6.92 Å². The van der Waals surface area contributed by atoms with E-state index in [9.17, 15) is 4.79 Å². The number of anilines is 1. The van der Waals surface area contributed by atoms with Crippen LogP contribution >= 0.6 is 0 Å². The van der Waals surface area contributed by atoms with E-state index < -0.39 is 0 Å². The van der Waals surface area contributed by atoms with Gasteiger partial charge in [0.25, 0.3) is 0 Å². The lowest BCUT2D eigenvalue weighted by Crippen LogP contribution is -2.48. The molecule has 1 fully saturated rings. The molecule has 1 aromatic heterocycles. The molecule has 1 N–H and O–H groups in total. The van der Waals surface area contributed by atoms with Crippen molar-refractivity contribution in [2.45, 2.75) is 6.92 Å². The van der Waals surface area contributed by atoms with Crippen molar-refractivity contribution in [3.8, 4) is 11.1 Å². The number of amides is 1. The maximum atomic E-state index is 11.4. The van der Waals surface area contributed by atoms with Crippen molar-refractivity contribution in [2.75, 3.05) is 24.5 Å². The second kappa shape index (κ2) is 5.28. The van der Waals surface area contributed by atoms with Crippen molar-refractivity contribution in [1.29, 1.82) is 0 Å². The van der Waals surface area contributed by atoms with Gasteiger partial charge in [0.1, 0.15) is 0 Å². The molecular weight excluding hydrogens is 252 g/mol. The fourth-order valence-electron chi connectivity index (χ4n) is 2.27. The van der Waals surface area contributed by atoms with Gasteiger partial charge in [-0.25, -0.2) is 9.97 Å². The summed E-state index contributed by atoms with van der Waals surface area (Å²) < 4.78 is 0. The number of carbonyl (C=O) groups excluding carboxylic acids is 1. The Bertz CT molecular complexity index is 624. The third kappa shape index (κ3) is 2.61.